The van der Waals surface area contributed by atoms with Crippen LogP contribution in [0.1, 0.15) is 44.9 Å². The Bertz CT molecular complexity index is 179. The molecule has 88 valence electrons. The Hall–Kier alpha value is 0.200. The fraction of sp³-hybridized carbons (Fsp3) is 0.909. The van der Waals surface area contributed by atoms with Gasteiger partial charge in [-0.1, -0.05) is 18.2 Å². The number of unbranched alkanes of at least 4 members (excludes halogenated alkanes) is 1. The topological polar surface area (TPSA) is 29.5 Å². The summed E-state index contributed by atoms with van der Waals surface area (Å²) >= 11 is 6.77. The Morgan fingerprint density at radius 1 is 1.27 bits per heavy atom. The van der Waals surface area contributed by atoms with Crippen molar-refractivity contribution >= 4 is 28.4 Å². The van der Waals surface area contributed by atoms with Crippen molar-refractivity contribution < 1.29 is 9.84 Å². The van der Waals surface area contributed by atoms with E-state index < -0.39 is 0 Å². The molecule has 2 nitrogen and oxygen atoms in total. The largest absolute Gasteiger partial charge is 0.475 e. The maximum atomic E-state index is 8.62. The van der Waals surface area contributed by atoms with Gasteiger partial charge in [-0.25, -0.2) is 0 Å². The summed E-state index contributed by atoms with van der Waals surface area (Å²) in [5.74, 6) is 0.964. The Morgan fingerprint density at radius 2 is 2.00 bits per heavy atom. The number of hydrogen-bond acceptors (Lipinski definition) is 4. The van der Waals surface area contributed by atoms with Crippen molar-refractivity contribution in [2.24, 2.45) is 0 Å². The van der Waals surface area contributed by atoms with E-state index >= 15 is 0 Å². The van der Waals surface area contributed by atoms with Gasteiger partial charge in [0, 0.05) is 12.4 Å². The second kappa shape index (κ2) is 8.36. The second-order valence-corrected chi connectivity index (χ2v) is 5.60. The van der Waals surface area contributed by atoms with Crippen molar-refractivity contribution in [3.8, 4) is 0 Å². The third-order valence-electron chi connectivity index (χ3n) is 2.59. The maximum Gasteiger partial charge on any atom is 0.220 e. The minimum Gasteiger partial charge on any atom is -0.475 e. The summed E-state index contributed by atoms with van der Waals surface area (Å²) in [6, 6.07) is 0. The van der Waals surface area contributed by atoms with Crippen LogP contribution in [0, 0.1) is 0 Å². The minimum absolute atomic E-state index is 0.275. The molecule has 0 saturated heterocycles. The number of rotatable bonds is 5. The predicted molar refractivity (Wildman–Crippen MR) is 69.3 cm³/mol. The van der Waals surface area contributed by atoms with Gasteiger partial charge in [-0.05, 0) is 50.7 Å². The van der Waals surface area contributed by atoms with Crippen LogP contribution in [-0.4, -0.2) is 28.0 Å². The van der Waals surface area contributed by atoms with Crippen molar-refractivity contribution in [3.05, 3.63) is 0 Å². The number of aliphatic hydroxyl groups excluding tert-OH is 1. The van der Waals surface area contributed by atoms with E-state index in [2.05, 4.69) is 0 Å². The van der Waals surface area contributed by atoms with E-state index in [9.17, 15) is 0 Å². The first-order valence-corrected chi connectivity index (χ1v) is 7.16. The quantitative estimate of drug-likeness (QED) is 0.598. The standard InChI is InChI=1S/C11H20O2S2/c12-8-4-5-9-15-11(14)13-10-6-2-1-3-7-10/h10,12H,1-9H2. The van der Waals surface area contributed by atoms with E-state index in [1.165, 1.54) is 19.3 Å². The van der Waals surface area contributed by atoms with Gasteiger partial charge >= 0.3 is 0 Å². The molecule has 0 aromatic heterocycles. The Morgan fingerprint density at radius 3 is 2.67 bits per heavy atom. The average Bonchev–Trinajstić information content (AvgIpc) is 2.26. The van der Waals surface area contributed by atoms with Crippen molar-refractivity contribution in [2.75, 3.05) is 12.4 Å². The van der Waals surface area contributed by atoms with Crippen molar-refractivity contribution in [3.63, 3.8) is 0 Å². The average molecular weight is 248 g/mol. The van der Waals surface area contributed by atoms with Gasteiger partial charge in [-0.3, -0.25) is 0 Å². The van der Waals surface area contributed by atoms with Gasteiger partial charge in [-0.15, -0.1) is 0 Å². The first-order valence-electron chi connectivity index (χ1n) is 5.77. The summed E-state index contributed by atoms with van der Waals surface area (Å²) in [6.45, 7) is 0.275. The van der Waals surface area contributed by atoms with Crippen LogP contribution in [0.4, 0.5) is 0 Å². The molecule has 0 aromatic rings. The van der Waals surface area contributed by atoms with Crippen LogP contribution in [0.25, 0.3) is 0 Å². The summed E-state index contributed by atoms with van der Waals surface area (Å²) in [4.78, 5) is 0. The molecule has 0 bridgehead atoms. The summed E-state index contributed by atoms with van der Waals surface area (Å²) in [6.07, 6.45) is 8.47. The Balaban J connectivity index is 2.01. The van der Waals surface area contributed by atoms with Crippen molar-refractivity contribution in [2.45, 2.75) is 51.0 Å². The molecule has 0 radical (unpaired) electrons. The molecule has 1 rings (SSSR count). The lowest BCUT2D eigenvalue weighted by Crippen LogP contribution is -2.18. The SMILES string of the molecule is OCCCCSC(=S)OC1CCCCC1. The Labute approximate surface area is 102 Å². The number of hydrogen-bond donors (Lipinski definition) is 1. The van der Waals surface area contributed by atoms with E-state index in [0.29, 0.717) is 10.5 Å². The summed E-state index contributed by atoms with van der Waals surface area (Å²) in [5.41, 5.74) is 0. The molecule has 0 amide bonds. The van der Waals surface area contributed by atoms with E-state index in [0.717, 1.165) is 31.4 Å². The predicted octanol–water partition coefficient (Wildman–Crippen LogP) is 3.13. The Kier molecular flexibility index (Phi) is 7.40. The molecule has 15 heavy (non-hydrogen) atoms. The molecule has 1 saturated carbocycles. The molecular formula is C11H20O2S2. The molecule has 1 N–H and O–H groups in total. The normalized spacial score (nSPS) is 17.7. The van der Waals surface area contributed by atoms with Crippen LogP contribution >= 0.6 is 24.0 Å². The molecule has 4 heteroatoms. The first-order chi connectivity index (χ1) is 7.33. The van der Waals surface area contributed by atoms with Crippen LogP contribution in [0.3, 0.4) is 0 Å². The molecule has 0 unspecified atom stereocenters. The molecule has 0 heterocycles. The van der Waals surface area contributed by atoms with Gasteiger partial charge in [0.2, 0.25) is 4.38 Å². The zero-order valence-electron chi connectivity index (χ0n) is 9.11. The van der Waals surface area contributed by atoms with E-state index in [-0.39, 0.29) is 6.61 Å². The molecule has 0 aromatic carbocycles. The smallest absolute Gasteiger partial charge is 0.220 e. The lowest BCUT2D eigenvalue weighted by Gasteiger charge is -2.22. The van der Waals surface area contributed by atoms with Gasteiger partial charge in [0.05, 0.1) is 0 Å². The zero-order chi connectivity index (χ0) is 10.9. The van der Waals surface area contributed by atoms with Gasteiger partial charge in [-0.2, -0.15) is 0 Å². The van der Waals surface area contributed by atoms with Crippen LogP contribution in [0.5, 0.6) is 0 Å². The number of aliphatic hydroxyl groups is 1. The highest BCUT2D eigenvalue weighted by Gasteiger charge is 2.15. The highest BCUT2D eigenvalue weighted by molar-refractivity contribution is 8.22. The molecule has 1 fully saturated rings. The van der Waals surface area contributed by atoms with Gasteiger partial charge in [0.15, 0.2) is 0 Å². The molecule has 1 aliphatic rings. The fourth-order valence-corrected chi connectivity index (χ4v) is 2.83. The lowest BCUT2D eigenvalue weighted by molar-refractivity contribution is 0.153. The third kappa shape index (κ3) is 6.38. The monoisotopic (exact) mass is 248 g/mol. The van der Waals surface area contributed by atoms with Gasteiger partial charge < -0.3 is 9.84 Å². The number of thiocarbonyl (C=S) groups is 1. The van der Waals surface area contributed by atoms with Crippen molar-refractivity contribution in [1.82, 2.24) is 0 Å². The summed E-state index contributed by atoms with van der Waals surface area (Å²) < 4.78 is 6.40. The molecule has 1 aliphatic carbocycles. The lowest BCUT2D eigenvalue weighted by atomic mass is 9.98. The van der Waals surface area contributed by atoms with Crippen molar-refractivity contribution in [1.29, 1.82) is 0 Å². The maximum absolute atomic E-state index is 8.62. The van der Waals surface area contributed by atoms with E-state index in [1.54, 1.807) is 11.8 Å². The summed E-state index contributed by atoms with van der Waals surface area (Å²) in [7, 11) is 0. The minimum atomic E-state index is 0.275. The zero-order valence-corrected chi connectivity index (χ0v) is 10.7. The van der Waals surface area contributed by atoms with E-state index in [1.807, 2.05) is 0 Å². The van der Waals surface area contributed by atoms with Crippen LogP contribution in [-0.2, 0) is 4.74 Å². The molecular weight excluding hydrogens is 228 g/mol. The van der Waals surface area contributed by atoms with E-state index in [4.69, 9.17) is 22.1 Å². The highest BCUT2D eigenvalue weighted by Crippen LogP contribution is 2.22. The van der Waals surface area contributed by atoms with Crippen LogP contribution in [0.15, 0.2) is 0 Å². The van der Waals surface area contributed by atoms with Crippen LogP contribution < -0.4 is 0 Å². The second-order valence-electron chi connectivity index (χ2n) is 3.91. The van der Waals surface area contributed by atoms with Gasteiger partial charge in [0.1, 0.15) is 6.10 Å². The molecule has 0 atom stereocenters. The third-order valence-corrected chi connectivity index (χ3v) is 3.86. The van der Waals surface area contributed by atoms with Gasteiger partial charge in [0.25, 0.3) is 0 Å². The number of thioether (sulfide) groups is 1. The first kappa shape index (κ1) is 13.3. The fourth-order valence-electron chi connectivity index (χ4n) is 1.72. The molecule has 0 aliphatic heterocycles. The highest BCUT2D eigenvalue weighted by atomic mass is 32.2. The molecule has 0 spiro atoms. The number of ether oxygens (including phenoxy) is 1. The summed E-state index contributed by atoms with van der Waals surface area (Å²) in [5, 5.41) is 8.62. The van der Waals surface area contributed by atoms with Crippen LogP contribution in [0.2, 0.25) is 0 Å².